The van der Waals surface area contributed by atoms with Crippen LogP contribution >= 0.6 is 0 Å². The highest BCUT2D eigenvalue weighted by Crippen LogP contribution is 2.28. The summed E-state index contributed by atoms with van der Waals surface area (Å²) in [6.07, 6.45) is -0.0662. The van der Waals surface area contributed by atoms with E-state index in [0.717, 1.165) is 5.56 Å². The Balaban J connectivity index is 2.48. The maximum absolute atomic E-state index is 11.7. The normalized spacial score (nSPS) is 14.6. The lowest BCUT2D eigenvalue weighted by atomic mass is 9.99. The number of aryl methyl sites for hydroxylation is 1. The highest BCUT2D eigenvalue weighted by molar-refractivity contribution is 6.07. The summed E-state index contributed by atoms with van der Waals surface area (Å²) in [7, 11) is 1.34. The van der Waals surface area contributed by atoms with Crippen LogP contribution < -0.4 is 4.90 Å². The van der Waals surface area contributed by atoms with Crippen LogP contribution in [0.5, 0.6) is 0 Å². The van der Waals surface area contributed by atoms with Crippen molar-refractivity contribution in [2.45, 2.75) is 13.3 Å². The number of nitrogens with zero attached hydrogens (tertiary/aromatic N) is 1. The number of hydrogen-bond acceptors (Lipinski definition) is 3. The molecule has 0 aromatic heterocycles. The molecule has 0 radical (unpaired) electrons. The standard InChI is InChI=1S/C12H13NO3/c1-8-3-4-10-9(7-8)11(14)5-6-13(10)12(15)16-2/h3-4,7H,5-6H2,1-2H3. The van der Waals surface area contributed by atoms with Crippen molar-refractivity contribution >= 4 is 17.6 Å². The van der Waals surface area contributed by atoms with Gasteiger partial charge in [-0.2, -0.15) is 0 Å². The monoisotopic (exact) mass is 219 g/mol. The molecule has 0 saturated heterocycles. The van der Waals surface area contributed by atoms with Crippen LogP contribution in [0.25, 0.3) is 0 Å². The van der Waals surface area contributed by atoms with Gasteiger partial charge in [0.05, 0.1) is 12.8 Å². The molecule has 1 heterocycles. The maximum Gasteiger partial charge on any atom is 0.414 e. The van der Waals surface area contributed by atoms with Gasteiger partial charge in [-0.3, -0.25) is 9.69 Å². The summed E-state index contributed by atoms with van der Waals surface area (Å²) >= 11 is 0. The number of methoxy groups -OCH3 is 1. The second-order valence-electron chi connectivity index (χ2n) is 3.82. The third kappa shape index (κ3) is 1.66. The van der Waals surface area contributed by atoms with Crippen molar-refractivity contribution in [2.75, 3.05) is 18.6 Å². The van der Waals surface area contributed by atoms with Crippen LogP contribution in [-0.2, 0) is 4.74 Å². The van der Waals surface area contributed by atoms with Crippen LogP contribution in [0.3, 0.4) is 0 Å². The van der Waals surface area contributed by atoms with E-state index in [1.807, 2.05) is 19.1 Å². The highest BCUT2D eigenvalue weighted by atomic mass is 16.5. The third-order valence-corrected chi connectivity index (χ3v) is 2.70. The number of carbonyl (C=O) groups is 2. The Bertz CT molecular complexity index is 454. The summed E-state index contributed by atoms with van der Waals surface area (Å²) in [5, 5.41) is 0. The molecule has 0 atom stereocenters. The van der Waals surface area contributed by atoms with Gasteiger partial charge in [0.1, 0.15) is 0 Å². The summed E-state index contributed by atoms with van der Waals surface area (Å²) in [5.41, 5.74) is 2.27. The molecule has 0 fully saturated rings. The van der Waals surface area contributed by atoms with Crippen molar-refractivity contribution in [2.24, 2.45) is 0 Å². The van der Waals surface area contributed by atoms with E-state index in [9.17, 15) is 9.59 Å². The quantitative estimate of drug-likeness (QED) is 0.671. The molecule has 1 aliphatic heterocycles. The summed E-state index contributed by atoms with van der Waals surface area (Å²) in [6.45, 7) is 2.31. The second kappa shape index (κ2) is 3.96. The minimum absolute atomic E-state index is 0.0823. The molecule has 16 heavy (non-hydrogen) atoms. The number of amides is 1. The fourth-order valence-electron chi connectivity index (χ4n) is 1.88. The summed E-state index contributed by atoms with van der Waals surface area (Å²) in [4.78, 5) is 24.7. The number of rotatable bonds is 0. The zero-order chi connectivity index (χ0) is 11.7. The van der Waals surface area contributed by atoms with Gasteiger partial charge in [-0.1, -0.05) is 11.6 Å². The van der Waals surface area contributed by atoms with Crippen LogP contribution in [0.15, 0.2) is 18.2 Å². The van der Waals surface area contributed by atoms with E-state index in [0.29, 0.717) is 24.2 Å². The number of carbonyl (C=O) groups excluding carboxylic acids is 2. The van der Waals surface area contributed by atoms with Gasteiger partial charge in [0.2, 0.25) is 0 Å². The molecule has 4 nitrogen and oxygen atoms in total. The van der Waals surface area contributed by atoms with E-state index < -0.39 is 6.09 Å². The van der Waals surface area contributed by atoms with Gasteiger partial charge in [-0.15, -0.1) is 0 Å². The number of hydrogen-bond donors (Lipinski definition) is 0. The number of ketones is 1. The minimum Gasteiger partial charge on any atom is -0.452 e. The van der Waals surface area contributed by atoms with Crippen molar-refractivity contribution in [1.29, 1.82) is 0 Å². The molecule has 1 aliphatic rings. The topological polar surface area (TPSA) is 46.6 Å². The first kappa shape index (κ1) is 10.7. The first-order valence-corrected chi connectivity index (χ1v) is 5.13. The van der Waals surface area contributed by atoms with Crippen molar-refractivity contribution in [3.63, 3.8) is 0 Å². The van der Waals surface area contributed by atoms with Gasteiger partial charge in [0, 0.05) is 18.5 Å². The van der Waals surface area contributed by atoms with Gasteiger partial charge < -0.3 is 4.74 Å². The lowest BCUT2D eigenvalue weighted by molar-refractivity contribution is 0.0979. The van der Waals surface area contributed by atoms with Crippen molar-refractivity contribution in [3.05, 3.63) is 29.3 Å². The zero-order valence-corrected chi connectivity index (χ0v) is 9.32. The molecular formula is C12H13NO3. The van der Waals surface area contributed by atoms with E-state index >= 15 is 0 Å². The smallest absolute Gasteiger partial charge is 0.414 e. The molecule has 1 aromatic carbocycles. The van der Waals surface area contributed by atoms with Crippen LogP contribution in [0.2, 0.25) is 0 Å². The molecule has 0 saturated carbocycles. The lowest BCUT2D eigenvalue weighted by Crippen LogP contribution is -2.37. The summed E-state index contributed by atoms with van der Waals surface area (Å²) in [5.74, 6) is 0.0823. The SMILES string of the molecule is COC(=O)N1CCC(=O)c2cc(C)ccc21. The van der Waals surface area contributed by atoms with E-state index in [4.69, 9.17) is 0 Å². The largest absolute Gasteiger partial charge is 0.452 e. The third-order valence-electron chi connectivity index (χ3n) is 2.70. The Morgan fingerprint density at radius 3 is 2.88 bits per heavy atom. The minimum atomic E-state index is -0.419. The van der Waals surface area contributed by atoms with Gasteiger partial charge >= 0.3 is 6.09 Å². The predicted octanol–water partition coefficient (Wildman–Crippen LogP) is 2.15. The molecule has 1 amide bonds. The van der Waals surface area contributed by atoms with Crippen molar-refractivity contribution in [3.8, 4) is 0 Å². The average Bonchev–Trinajstić information content (AvgIpc) is 2.29. The fourth-order valence-corrected chi connectivity index (χ4v) is 1.88. The van der Waals surface area contributed by atoms with Crippen molar-refractivity contribution < 1.29 is 14.3 Å². The van der Waals surface area contributed by atoms with Crippen LogP contribution in [0.4, 0.5) is 10.5 Å². The first-order valence-electron chi connectivity index (χ1n) is 5.13. The van der Waals surface area contributed by atoms with Crippen molar-refractivity contribution in [1.82, 2.24) is 0 Å². The zero-order valence-electron chi connectivity index (χ0n) is 9.32. The Kier molecular flexibility index (Phi) is 2.64. The summed E-state index contributed by atoms with van der Waals surface area (Å²) in [6, 6.07) is 5.48. The van der Waals surface area contributed by atoms with E-state index in [-0.39, 0.29) is 5.78 Å². The number of fused-ring (bicyclic) bond motifs is 1. The molecular weight excluding hydrogens is 206 g/mol. The average molecular weight is 219 g/mol. The van der Waals surface area contributed by atoms with Crippen LogP contribution in [-0.4, -0.2) is 25.5 Å². The van der Waals surface area contributed by atoms with Gasteiger partial charge in [0.25, 0.3) is 0 Å². The summed E-state index contributed by atoms with van der Waals surface area (Å²) < 4.78 is 4.69. The number of benzene rings is 1. The second-order valence-corrected chi connectivity index (χ2v) is 3.82. The number of anilines is 1. The number of ether oxygens (including phenoxy) is 1. The number of Topliss-reactive ketones (excluding diaryl/α,β-unsaturated/α-hetero) is 1. The van der Waals surface area contributed by atoms with Gasteiger partial charge in [0.15, 0.2) is 5.78 Å². The van der Waals surface area contributed by atoms with Crippen LogP contribution in [0, 0.1) is 6.92 Å². The molecule has 2 rings (SSSR count). The van der Waals surface area contributed by atoms with Gasteiger partial charge in [-0.05, 0) is 19.1 Å². The highest BCUT2D eigenvalue weighted by Gasteiger charge is 2.27. The van der Waals surface area contributed by atoms with Crippen LogP contribution in [0.1, 0.15) is 22.3 Å². The molecule has 0 spiro atoms. The molecule has 84 valence electrons. The Morgan fingerprint density at radius 2 is 2.19 bits per heavy atom. The van der Waals surface area contributed by atoms with E-state index in [2.05, 4.69) is 4.74 Å². The first-order chi connectivity index (χ1) is 7.63. The molecule has 0 aliphatic carbocycles. The molecule has 4 heteroatoms. The maximum atomic E-state index is 11.7. The molecule has 0 unspecified atom stereocenters. The Morgan fingerprint density at radius 1 is 1.44 bits per heavy atom. The predicted molar refractivity (Wildman–Crippen MR) is 59.9 cm³/mol. The lowest BCUT2D eigenvalue weighted by Gasteiger charge is -2.27. The van der Waals surface area contributed by atoms with E-state index in [1.165, 1.54) is 12.0 Å². The van der Waals surface area contributed by atoms with Gasteiger partial charge in [-0.25, -0.2) is 4.79 Å². The fraction of sp³-hybridized carbons (Fsp3) is 0.333. The molecule has 0 bridgehead atoms. The Labute approximate surface area is 93.8 Å². The molecule has 1 aromatic rings. The Hall–Kier alpha value is -1.84. The van der Waals surface area contributed by atoms with E-state index in [1.54, 1.807) is 6.07 Å². The molecule has 0 N–H and O–H groups in total.